The molecule has 0 aromatic heterocycles. The van der Waals surface area contributed by atoms with Gasteiger partial charge in [0, 0.05) is 32.7 Å². The number of benzene rings is 1. The molecule has 0 spiro atoms. The number of nitrogens with zero attached hydrogens (tertiary/aromatic N) is 2. The van der Waals surface area contributed by atoms with Gasteiger partial charge in [0.2, 0.25) is 0 Å². The Morgan fingerprint density at radius 2 is 2.00 bits per heavy atom. The monoisotopic (exact) mass is 482 g/mol. The van der Waals surface area contributed by atoms with E-state index in [1.165, 1.54) is 10.5 Å². The summed E-state index contributed by atoms with van der Waals surface area (Å²) in [6, 6.07) is 10.5. The topological polar surface area (TPSA) is 39.7 Å². The minimum atomic E-state index is -4.13. The Balaban J connectivity index is 0.00000243. The number of aliphatic imine (C=N–C) groups is 1. The first kappa shape index (κ1) is 21.3. The minimum Gasteiger partial charge on any atom is -0.356 e. The highest BCUT2D eigenvalue weighted by Gasteiger charge is 2.38. The first-order chi connectivity index (χ1) is 11.9. The number of halogens is 4. The van der Waals surface area contributed by atoms with Gasteiger partial charge in [-0.3, -0.25) is 9.89 Å². The van der Waals surface area contributed by atoms with Crippen molar-refractivity contribution in [3.8, 4) is 0 Å². The van der Waals surface area contributed by atoms with Crippen molar-refractivity contribution in [2.75, 3.05) is 33.2 Å². The Bertz CT molecular complexity index is 594. The number of hydrogen-bond acceptors (Lipinski definition) is 2. The van der Waals surface area contributed by atoms with Crippen LogP contribution < -0.4 is 10.6 Å². The number of hydrogen-bond donors (Lipinski definition) is 2. The Hall–Kier alpha value is -1.03. The molecule has 2 N–H and O–H groups in total. The van der Waals surface area contributed by atoms with E-state index in [0.717, 1.165) is 13.0 Å². The molecule has 1 aromatic carbocycles. The van der Waals surface area contributed by atoms with Gasteiger partial charge >= 0.3 is 6.18 Å². The zero-order valence-corrected chi connectivity index (χ0v) is 17.1. The van der Waals surface area contributed by atoms with Gasteiger partial charge in [0.25, 0.3) is 0 Å². The molecule has 0 bridgehead atoms. The van der Waals surface area contributed by atoms with Crippen LogP contribution in [0.25, 0.3) is 0 Å². The fourth-order valence-corrected chi connectivity index (χ4v) is 3.55. The summed E-state index contributed by atoms with van der Waals surface area (Å²) < 4.78 is 37.4. The van der Waals surface area contributed by atoms with Gasteiger partial charge in [0.05, 0.1) is 6.54 Å². The molecule has 1 saturated heterocycles. The van der Waals surface area contributed by atoms with Crippen LogP contribution in [-0.2, 0) is 0 Å². The van der Waals surface area contributed by atoms with E-state index < -0.39 is 12.7 Å². The number of guanidine groups is 1. The molecule has 3 rings (SSSR count). The predicted molar refractivity (Wildman–Crippen MR) is 108 cm³/mol. The Morgan fingerprint density at radius 3 is 2.65 bits per heavy atom. The number of alkyl halides is 3. The van der Waals surface area contributed by atoms with Crippen molar-refractivity contribution in [3.05, 3.63) is 35.9 Å². The van der Waals surface area contributed by atoms with Crippen LogP contribution in [0.1, 0.15) is 24.3 Å². The lowest BCUT2D eigenvalue weighted by Gasteiger charge is -2.19. The van der Waals surface area contributed by atoms with E-state index in [1.54, 1.807) is 7.05 Å². The van der Waals surface area contributed by atoms with Crippen molar-refractivity contribution in [3.63, 3.8) is 0 Å². The zero-order chi connectivity index (χ0) is 17.9. The third-order valence-corrected chi connectivity index (χ3v) is 4.92. The van der Waals surface area contributed by atoms with Crippen LogP contribution in [0.5, 0.6) is 0 Å². The summed E-state index contributed by atoms with van der Waals surface area (Å²) in [7, 11) is 1.69. The molecule has 0 amide bonds. The van der Waals surface area contributed by atoms with Gasteiger partial charge in [-0.25, -0.2) is 0 Å². The van der Waals surface area contributed by atoms with Gasteiger partial charge in [-0.05, 0) is 30.2 Å². The lowest BCUT2D eigenvalue weighted by Crippen LogP contribution is -2.45. The van der Waals surface area contributed by atoms with E-state index in [0.29, 0.717) is 37.3 Å². The quantitative estimate of drug-likeness (QED) is 0.385. The Morgan fingerprint density at radius 1 is 1.27 bits per heavy atom. The van der Waals surface area contributed by atoms with Gasteiger partial charge in [0.1, 0.15) is 0 Å². The minimum absolute atomic E-state index is 0. The molecule has 3 atom stereocenters. The average Bonchev–Trinajstić information content (AvgIpc) is 3.23. The molecular weight excluding hydrogens is 456 g/mol. The largest absolute Gasteiger partial charge is 0.401 e. The molecular formula is C18H26F3IN4. The number of likely N-dealkylation sites (tertiary alicyclic amines) is 1. The SMILES string of the molecule is CN=C(NCC1CC1c1ccccc1)NC1CCN(CC(F)(F)F)C1.I. The van der Waals surface area contributed by atoms with Gasteiger partial charge in [-0.15, -0.1) is 24.0 Å². The molecule has 1 aliphatic heterocycles. The van der Waals surface area contributed by atoms with E-state index in [1.807, 2.05) is 6.07 Å². The summed E-state index contributed by atoms with van der Waals surface area (Å²) in [5.74, 6) is 1.87. The van der Waals surface area contributed by atoms with Crippen molar-refractivity contribution in [1.29, 1.82) is 0 Å². The van der Waals surface area contributed by atoms with Crippen LogP contribution in [0.15, 0.2) is 35.3 Å². The van der Waals surface area contributed by atoms with Gasteiger partial charge in [-0.2, -0.15) is 13.2 Å². The maximum atomic E-state index is 12.5. The normalized spacial score (nSPS) is 26.3. The molecule has 146 valence electrons. The predicted octanol–water partition coefficient (Wildman–Crippen LogP) is 3.21. The van der Waals surface area contributed by atoms with E-state index >= 15 is 0 Å². The second kappa shape index (κ2) is 9.25. The Kier molecular flexibility index (Phi) is 7.57. The summed E-state index contributed by atoms with van der Waals surface area (Å²) in [6.07, 6.45) is -2.27. The summed E-state index contributed by atoms with van der Waals surface area (Å²) in [5.41, 5.74) is 1.37. The second-order valence-corrected chi connectivity index (χ2v) is 6.95. The second-order valence-electron chi connectivity index (χ2n) is 6.95. The van der Waals surface area contributed by atoms with E-state index in [-0.39, 0.29) is 30.0 Å². The van der Waals surface area contributed by atoms with Crippen LogP contribution in [0, 0.1) is 5.92 Å². The van der Waals surface area contributed by atoms with E-state index in [2.05, 4.69) is 39.9 Å². The molecule has 2 fully saturated rings. The first-order valence-electron chi connectivity index (χ1n) is 8.76. The molecule has 26 heavy (non-hydrogen) atoms. The summed E-state index contributed by atoms with van der Waals surface area (Å²) >= 11 is 0. The lowest BCUT2D eigenvalue weighted by atomic mass is 10.1. The van der Waals surface area contributed by atoms with E-state index in [4.69, 9.17) is 0 Å². The maximum absolute atomic E-state index is 12.5. The van der Waals surface area contributed by atoms with E-state index in [9.17, 15) is 13.2 Å². The third-order valence-electron chi connectivity index (χ3n) is 4.92. The molecule has 2 aliphatic rings. The fourth-order valence-electron chi connectivity index (χ4n) is 3.55. The van der Waals surface area contributed by atoms with Crippen LogP contribution in [0.2, 0.25) is 0 Å². The van der Waals surface area contributed by atoms with Crippen molar-refractivity contribution in [1.82, 2.24) is 15.5 Å². The van der Waals surface area contributed by atoms with Crippen molar-refractivity contribution in [2.24, 2.45) is 10.9 Å². The molecule has 3 unspecified atom stereocenters. The highest BCUT2D eigenvalue weighted by atomic mass is 127. The van der Waals surface area contributed by atoms with Crippen molar-refractivity contribution >= 4 is 29.9 Å². The average molecular weight is 482 g/mol. The van der Waals surface area contributed by atoms with Gasteiger partial charge in [-0.1, -0.05) is 30.3 Å². The summed E-state index contributed by atoms with van der Waals surface area (Å²) in [5, 5.41) is 6.57. The molecule has 8 heteroatoms. The molecule has 4 nitrogen and oxygen atoms in total. The number of rotatable bonds is 5. The van der Waals surface area contributed by atoms with Gasteiger partial charge < -0.3 is 10.6 Å². The molecule has 1 heterocycles. The fraction of sp³-hybridized carbons (Fsp3) is 0.611. The van der Waals surface area contributed by atoms with Crippen LogP contribution in [0.4, 0.5) is 13.2 Å². The standard InChI is InChI=1S/C18H25F3N4.HI/c1-22-17(24-15-7-8-25(11-15)12-18(19,20)21)23-10-14-9-16(14)13-5-3-2-4-6-13;/h2-6,14-16H,7-12H2,1H3,(H2,22,23,24);1H. The lowest BCUT2D eigenvalue weighted by molar-refractivity contribution is -0.143. The smallest absolute Gasteiger partial charge is 0.356 e. The van der Waals surface area contributed by atoms with Crippen LogP contribution in [0.3, 0.4) is 0 Å². The molecule has 1 aliphatic carbocycles. The first-order valence-corrected chi connectivity index (χ1v) is 8.76. The third kappa shape index (κ3) is 6.29. The highest BCUT2D eigenvalue weighted by molar-refractivity contribution is 14.0. The zero-order valence-electron chi connectivity index (χ0n) is 14.8. The highest BCUT2D eigenvalue weighted by Crippen LogP contribution is 2.46. The maximum Gasteiger partial charge on any atom is 0.401 e. The molecule has 1 aromatic rings. The number of nitrogens with one attached hydrogen (secondary N) is 2. The molecule has 0 radical (unpaired) electrons. The Labute approximate surface area is 169 Å². The van der Waals surface area contributed by atoms with Crippen molar-refractivity contribution < 1.29 is 13.2 Å². The molecule has 1 saturated carbocycles. The van der Waals surface area contributed by atoms with Crippen LogP contribution >= 0.6 is 24.0 Å². The van der Waals surface area contributed by atoms with Crippen LogP contribution in [-0.4, -0.2) is 56.3 Å². The summed E-state index contributed by atoms with van der Waals surface area (Å²) in [6.45, 7) is 0.861. The summed E-state index contributed by atoms with van der Waals surface area (Å²) in [4.78, 5) is 5.64. The van der Waals surface area contributed by atoms with Gasteiger partial charge in [0.15, 0.2) is 5.96 Å². The van der Waals surface area contributed by atoms with Crippen molar-refractivity contribution in [2.45, 2.75) is 31.0 Å².